The van der Waals surface area contributed by atoms with Crippen LogP contribution in [0.3, 0.4) is 0 Å². The van der Waals surface area contributed by atoms with E-state index in [1.807, 2.05) is 18.9 Å². The highest BCUT2D eigenvalue weighted by Gasteiger charge is 2.28. The number of piperidine rings is 1. The van der Waals surface area contributed by atoms with Gasteiger partial charge in [0.05, 0.1) is 11.8 Å². The van der Waals surface area contributed by atoms with E-state index in [0.717, 1.165) is 19.4 Å². The summed E-state index contributed by atoms with van der Waals surface area (Å²) in [5.74, 6) is 0.0625. The summed E-state index contributed by atoms with van der Waals surface area (Å²) in [6.07, 6.45) is 5.13. The Morgan fingerprint density at radius 1 is 1.62 bits per heavy atom. The highest BCUT2D eigenvalue weighted by molar-refractivity contribution is 5.94. The van der Waals surface area contributed by atoms with Crippen molar-refractivity contribution in [2.75, 3.05) is 6.54 Å². The Morgan fingerprint density at radius 2 is 2.38 bits per heavy atom. The predicted molar refractivity (Wildman–Crippen MR) is 60.9 cm³/mol. The zero-order chi connectivity index (χ0) is 11.7. The molecule has 0 saturated carbocycles. The average molecular weight is 222 g/mol. The van der Waals surface area contributed by atoms with Crippen molar-refractivity contribution >= 4 is 5.91 Å². The van der Waals surface area contributed by atoms with Crippen molar-refractivity contribution in [2.45, 2.75) is 31.8 Å². The van der Waals surface area contributed by atoms with Gasteiger partial charge in [-0.15, -0.1) is 0 Å². The summed E-state index contributed by atoms with van der Waals surface area (Å²) in [4.78, 5) is 14.1. The van der Waals surface area contributed by atoms with Gasteiger partial charge in [0.15, 0.2) is 0 Å². The first kappa shape index (κ1) is 11.1. The summed E-state index contributed by atoms with van der Waals surface area (Å²) < 4.78 is 1.65. The lowest BCUT2D eigenvalue weighted by Gasteiger charge is -2.36. The second-order valence-corrected chi connectivity index (χ2v) is 4.53. The number of likely N-dealkylation sites (tertiary alicyclic amines) is 1. The minimum Gasteiger partial charge on any atom is -0.336 e. The zero-order valence-electron chi connectivity index (χ0n) is 9.76. The summed E-state index contributed by atoms with van der Waals surface area (Å²) in [5, 5.41) is 4.02. The van der Waals surface area contributed by atoms with Crippen LogP contribution >= 0.6 is 0 Å². The minimum atomic E-state index is 0.0625. The molecule has 0 radical (unpaired) electrons. The standard InChI is InChI=1S/C11H18N4O/c1-8-5-10(12)3-4-15(8)11(16)9-6-13-14(2)7-9/h6-8,10H,3-5,12H2,1-2H3. The predicted octanol–water partition coefficient (Wildman–Crippen LogP) is 0.372. The van der Waals surface area contributed by atoms with E-state index in [1.54, 1.807) is 17.1 Å². The summed E-state index contributed by atoms with van der Waals surface area (Å²) in [5.41, 5.74) is 6.53. The van der Waals surface area contributed by atoms with Gasteiger partial charge < -0.3 is 10.6 Å². The molecule has 1 aromatic heterocycles. The van der Waals surface area contributed by atoms with Crippen molar-refractivity contribution in [3.63, 3.8) is 0 Å². The largest absolute Gasteiger partial charge is 0.336 e. The average Bonchev–Trinajstić information content (AvgIpc) is 2.64. The van der Waals surface area contributed by atoms with Gasteiger partial charge in [0.1, 0.15) is 0 Å². The number of hydrogen-bond donors (Lipinski definition) is 1. The molecule has 1 amide bonds. The highest BCUT2D eigenvalue weighted by Crippen LogP contribution is 2.18. The number of amides is 1. The Hall–Kier alpha value is -1.36. The maximum Gasteiger partial charge on any atom is 0.257 e. The van der Waals surface area contributed by atoms with Crippen molar-refractivity contribution < 1.29 is 4.79 Å². The van der Waals surface area contributed by atoms with E-state index in [1.165, 1.54) is 0 Å². The molecule has 16 heavy (non-hydrogen) atoms. The fourth-order valence-electron chi connectivity index (χ4n) is 2.21. The van der Waals surface area contributed by atoms with E-state index < -0.39 is 0 Å². The molecule has 0 bridgehead atoms. The molecule has 1 saturated heterocycles. The number of nitrogens with two attached hydrogens (primary N) is 1. The van der Waals surface area contributed by atoms with E-state index >= 15 is 0 Å². The number of aryl methyl sites for hydroxylation is 1. The van der Waals surface area contributed by atoms with E-state index in [2.05, 4.69) is 5.10 Å². The number of aromatic nitrogens is 2. The van der Waals surface area contributed by atoms with Gasteiger partial charge in [-0.2, -0.15) is 5.10 Å². The van der Waals surface area contributed by atoms with Crippen molar-refractivity contribution in [3.05, 3.63) is 18.0 Å². The topological polar surface area (TPSA) is 64.2 Å². The molecule has 2 heterocycles. The first-order valence-corrected chi connectivity index (χ1v) is 5.63. The SMILES string of the molecule is CC1CC(N)CCN1C(=O)c1cnn(C)c1. The van der Waals surface area contributed by atoms with Crippen LogP contribution < -0.4 is 5.73 Å². The Balaban J connectivity index is 2.10. The van der Waals surface area contributed by atoms with Gasteiger partial charge in [0.25, 0.3) is 5.91 Å². The molecule has 2 N–H and O–H groups in total. The number of hydrogen-bond acceptors (Lipinski definition) is 3. The Labute approximate surface area is 95.2 Å². The van der Waals surface area contributed by atoms with Gasteiger partial charge in [0.2, 0.25) is 0 Å². The lowest BCUT2D eigenvalue weighted by atomic mass is 9.98. The number of carbonyl (C=O) groups is 1. The summed E-state index contributed by atoms with van der Waals surface area (Å²) in [6.45, 7) is 2.79. The number of rotatable bonds is 1. The molecule has 2 atom stereocenters. The molecule has 5 heteroatoms. The van der Waals surface area contributed by atoms with Crippen LogP contribution in [0.2, 0.25) is 0 Å². The zero-order valence-corrected chi connectivity index (χ0v) is 9.76. The highest BCUT2D eigenvalue weighted by atomic mass is 16.2. The third-order valence-corrected chi connectivity index (χ3v) is 3.13. The van der Waals surface area contributed by atoms with Crippen LogP contribution in [-0.4, -0.2) is 39.2 Å². The molecule has 0 aromatic carbocycles. The molecule has 2 rings (SSSR count). The molecule has 1 aromatic rings. The fraction of sp³-hybridized carbons (Fsp3) is 0.636. The molecule has 0 spiro atoms. The minimum absolute atomic E-state index is 0.0625. The Kier molecular flexibility index (Phi) is 2.96. The molecule has 1 aliphatic heterocycles. The van der Waals surface area contributed by atoms with Gasteiger partial charge in [-0.05, 0) is 19.8 Å². The van der Waals surface area contributed by atoms with Crippen LogP contribution in [0, 0.1) is 0 Å². The van der Waals surface area contributed by atoms with Gasteiger partial charge in [-0.25, -0.2) is 0 Å². The van der Waals surface area contributed by atoms with Gasteiger partial charge in [-0.3, -0.25) is 9.48 Å². The molecule has 1 aliphatic rings. The maximum atomic E-state index is 12.2. The van der Waals surface area contributed by atoms with E-state index in [9.17, 15) is 4.79 Å². The van der Waals surface area contributed by atoms with Crippen molar-refractivity contribution in [1.82, 2.24) is 14.7 Å². The second-order valence-electron chi connectivity index (χ2n) is 4.53. The summed E-state index contributed by atoms with van der Waals surface area (Å²) >= 11 is 0. The second kappa shape index (κ2) is 4.25. The van der Waals surface area contributed by atoms with Crippen molar-refractivity contribution in [3.8, 4) is 0 Å². The normalized spacial score (nSPS) is 25.8. The molecule has 1 fully saturated rings. The van der Waals surface area contributed by atoms with E-state index in [4.69, 9.17) is 5.73 Å². The van der Waals surface area contributed by atoms with Crippen LogP contribution in [0.1, 0.15) is 30.1 Å². The fourth-order valence-corrected chi connectivity index (χ4v) is 2.21. The van der Waals surface area contributed by atoms with Crippen LogP contribution in [0.4, 0.5) is 0 Å². The van der Waals surface area contributed by atoms with Crippen LogP contribution in [-0.2, 0) is 7.05 Å². The van der Waals surface area contributed by atoms with E-state index in [0.29, 0.717) is 5.56 Å². The quantitative estimate of drug-likeness (QED) is 0.746. The number of carbonyl (C=O) groups excluding carboxylic acids is 1. The van der Waals surface area contributed by atoms with Gasteiger partial charge in [-0.1, -0.05) is 0 Å². The number of nitrogens with zero attached hydrogens (tertiary/aromatic N) is 3. The lowest BCUT2D eigenvalue weighted by molar-refractivity contribution is 0.0619. The van der Waals surface area contributed by atoms with Crippen LogP contribution in [0.25, 0.3) is 0 Å². The molecule has 0 aliphatic carbocycles. The van der Waals surface area contributed by atoms with Crippen molar-refractivity contribution in [2.24, 2.45) is 12.8 Å². The van der Waals surface area contributed by atoms with E-state index in [-0.39, 0.29) is 18.0 Å². The summed E-state index contributed by atoms with van der Waals surface area (Å²) in [6, 6.07) is 0.449. The maximum absolute atomic E-state index is 12.2. The molecule has 5 nitrogen and oxygen atoms in total. The third kappa shape index (κ3) is 2.09. The Morgan fingerprint density at radius 3 is 2.94 bits per heavy atom. The Bertz CT molecular complexity index is 387. The first-order valence-electron chi connectivity index (χ1n) is 5.63. The molecular formula is C11H18N4O. The van der Waals surface area contributed by atoms with Gasteiger partial charge in [0, 0.05) is 31.9 Å². The smallest absolute Gasteiger partial charge is 0.257 e. The van der Waals surface area contributed by atoms with Crippen molar-refractivity contribution in [1.29, 1.82) is 0 Å². The lowest BCUT2D eigenvalue weighted by Crippen LogP contribution is -2.48. The molecule has 88 valence electrons. The monoisotopic (exact) mass is 222 g/mol. The molecule has 2 unspecified atom stereocenters. The van der Waals surface area contributed by atoms with Gasteiger partial charge >= 0.3 is 0 Å². The third-order valence-electron chi connectivity index (χ3n) is 3.13. The van der Waals surface area contributed by atoms with Crippen LogP contribution in [0.5, 0.6) is 0 Å². The molecular weight excluding hydrogens is 204 g/mol. The first-order chi connectivity index (χ1) is 7.58. The summed E-state index contributed by atoms with van der Waals surface area (Å²) in [7, 11) is 1.81. The van der Waals surface area contributed by atoms with Crippen LogP contribution in [0.15, 0.2) is 12.4 Å².